The highest BCUT2D eigenvalue weighted by atomic mass is 79.9. The van der Waals surface area contributed by atoms with Gasteiger partial charge in [0.15, 0.2) is 0 Å². The maximum atomic E-state index is 11.8. The number of aliphatic hydroxyl groups excluding tert-OH is 1. The van der Waals surface area contributed by atoms with Gasteiger partial charge in [-0.15, -0.1) is 0 Å². The number of carbonyl (C=O) groups is 2. The summed E-state index contributed by atoms with van der Waals surface area (Å²) in [7, 11) is 1.44. The second-order valence-corrected chi connectivity index (χ2v) is 4.39. The largest absolute Gasteiger partial charge is 0.496 e. The number of hydrogen-bond donors (Lipinski definition) is 3. The fourth-order valence-electron chi connectivity index (χ4n) is 1.24. The number of aliphatic hydroxyl groups is 1. The smallest absolute Gasteiger partial charge is 0.255 e. The molecule has 1 unspecified atom stereocenters. The van der Waals surface area contributed by atoms with E-state index in [2.05, 4.69) is 21.2 Å². The molecule has 7 heteroatoms. The number of nitrogens with one attached hydrogen (secondary N) is 1. The van der Waals surface area contributed by atoms with Crippen molar-refractivity contribution in [1.82, 2.24) is 5.32 Å². The summed E-state index contributed by atoms with van der Waals surface area (Å²) in [5.74, 6) is -0.965. The Morgan fingerprint density at radius 1 is 1.56 bits per heavy atom. The van der Waals surface area contributed by atoms with E-state index in [1.807, 2.05) is 0 Å². The van der Waals surface area contributed by atoms with Crippen molar-refractivity contribution in [1.29, 1.82) is 0 Å². The van der Waals surface area contributed by atoms with Gasteiger partial charge in [0.2, 0.25) is 5.91 Å². The Morgan fingerprint density at radius 2 is 2.22 bits per heavy atom. The van der Waals surface area contributed by atoms with Gasteiger partial charge in [-0.05, 0) is 18.2 Å². The number of carbonyl (C=O) groups excluding carboxylic acids is 2. The van der Waals surface area contributed by atoms with Crippen LogP contribution in [0.15, 0.2) is 22.7 Å². The van der Waals surface area contributed by atoms with E-state index in [0.29, 0.717) is 11.3 Å². The molecule has 0 fully saturated rings. The molecular formula is C11H13BrN2O4. The maximum absolute atomic E-state index is 11.8. The maximum Gasteiger partial charge on any atom is 0.255 e. The van der Waals surface area contributed by atoms with Gasteiger partial charge in [0.1, 0.15) is 11.9 Å². The zero-order valence-electron chi connectivity index (χ0n) is 9.64. The summed E-state index contributed by atoms with van der Waals surface area (Å²) in [5.41, 5.74) is 5.17. The van der Waals surface area contributed by atoms with Gasteiger partial charge in [-0.2, -0.15) is 0 Å². The Hall–Kier alpha value is -1.60. The Morgan fingerprint density at radius 3 is 2.78 bits per heavy atom. The lowest BCUT2D eigenvalue weighted by molar-refractivity contribution is -0.125. The first-order valence-electron chi connectivity index (χ1n) is 5.04. The van der Waals surface area contributed by atoms with Crippen molar-refractivity contribution in [3.05, 3.63) is 28.2 Å². The van der Waals surface area contributed by atoms with Crippen LogP contribution in [0.4, 0.5) is 0 Å². The zero-order valence-corrected chi connectivity index (χ0v) is 11.2. The van der Waals surface area contributed by atoms with Crippen LogP contribution < -0.4 is 15.8 Å². The van der Waals surface area contributed by atoms with E-state index in [4.69, 9.17) is 15.6 Å². The molecular weight excluding hydrogens is 304 g/mol. The molecule has 18 heavy (non-hydrogen) atoms. The van der Waals surface area contributed by atoms with Crippen LogP contribution in [0.2, 0.25) is 0 Å². The highest BCUT2D eigenvalue weighted by molar-refractivity contribution is 9.10. The van der Waals surface area contributed by atoms with Gasteiger partial charge in [-0.25, -0.2) is 0 Å². The molecule has 98 valence electrons. The third-order valence-corrected chi connectivity index (χ3v) is 2.69. The van der Waals surface area contributed by atoms with E-state index >= 15 is 0 Å². The fourth-order valence-corrected chi connectivity index (χ4v) is 1.58. The minimum absolute atomic E-state index is 0.243. The van der Waals surface area contributed by atoms with Crippen LogP contribution in [0, 0.1) is 0 Å². The lowest BCUT2D eigenvalue weighted by Crippen LogP contribution is -2.40. The van der Waals surface area contributed by atoms with Gasteiger partial charge < -0.3 is 20.9 Å². The molecule has 4 N–H and O–H groups in total. The first-order chi connectivity index (χ1) is 8.45. The summed E-state index contributed by atoms with van der Waals surface area (Å²) < 4.78 is 5.83. The number of primary amides is 1. The second kappa shape index (κ2) is 6.36. The molecule has 0 aliphatic rings. The normalized spacial score (nSPS) is 11.7. The van der Waals surface area contributed by atoms with Crippen molar-refractivity contribution >= 4 is 27.7 Å². The molecule has 1 aromatic rings. The summed E-state index contributed by atoms with van der Waals surface area (Å²) in [6.07, 6.45) is -1.41. The summed E-state index contributed by atoms with van der Waals surface area (Å²) in [6.45, 7) is -0.243. The van der Waals surface area contributed by atoms with Crippen molar-refractivity contribution in [3.63, 3.8) is 0 Å². The van der Waals surface area contributed by atoms with Crippen molar-refractivity contribution in [3.8, 4) is 5.75 Å². The average Bonchev–Trinajstić information content (AvgIpc) is 2.34. The lowest BCUT2D eigenvalue weighted by Gasteiger charge is -2.11. The third-order valence-electron chi connectivity index (χ3n) is 2.19. The number of ether oxygens (including phenoxy) is 1. The van der Waals surface area contributed by atoms with Crippen LogP contribution in [0.5, 0.6) is 5.75 Å². The predicted octanol–water partition coefficient (Wildman–Crippen LogP) is 0.0337. The van der Waals surface area contributed by atoms with Crippen molar-refractivity contribution in [2.24, 2.45) is 5.73 Å². The molecule has 0 saturated carbocycles. The van der Waals surface area contributed by atoms with Crippen LogP contribution in [0.25, 0.3) is 0 Å². The first kappa shape index (κ1) is 14.5. The van der Waals surface area contributed by atoms with E-state index in [9.17, 15) is 9.59 Å². The van der Waals surface area contributed by atoms with Crippen molar-refractivity contribution < 1.29 is 19.4 Å². The van der Waals surface area contributed by atoms with Crippen LogP contribution in [0.3, 0.4) is 0 Å². The first-order valence-corrected chi connectivity index (χ1v) is 5.84. The van der Waals surface area contributed by atoms with Gasteiger partial charge in [-0.3, -0.25) is 9.59 Å². The molecule has 0 aromatic heterocycles. The van der Waals surface area contributed by atoms with Gasteiger partial charge in [0.05, 0.1) is 19.2 Å². The summed E-state index contributed by atoms with van der Waals surface area (Å²) in [4.78, 5) is 22.4. The highest BCUT2D eigenvalue weighted by Crippen LogP contribution is 2.23. The second-order valence-electron chi connectivity index (χ2n) is 3.47. The van der Waals surface area contributed by atoms with E-state index < -0.39 is 17.9 Å². The van der Waals surface area contributed by atoms with E-state index in [0.717, 1.165) is 4.47 Å². The number of hydrogen-bond acceptors (Lipinski definition) is 4. The van der Waals surface area contributed by atoms with Gasteiger partial charge in [0.25, 0.3) is 5.91 Å². The summed E-state index contributed by atoms with van der Waals surface area (Å²) in [6, 6.07) is 4.89. The number of rotatable bonds is 5. The molecule has 0 spiro atoms. The molecule has 1 aromatic carbocycles. The van der Waals surface area contributed by atoms with Gasteiger partial charge in [-0.1, -0.05) is 15.9 Å². The molecule has 1 atom stereocenters. The molecule has 0 heterocycles. The Labute approximate surface area is 112 Å². The van der Waals surface area contributed by atoms with Gasteiger partial charge in [0, 0.05) is 4.47 Å². The quantitative estimate of drug-likeness (QED) is 0.713. The van der Waals surface area contributed by atoms with E-state index in [1.165, 1.54) is 7.11 Å². The van der Waals surface area contributed by atoms with Crippen molar-refractivity contribution in [2.45, 2.75) is 6.10 Å². The molecule has 0 saturated heterocycles. The summed E-state index contributed by atoms with van der Waals surface area (Å²) >= 11 is 3.25. The van der Waals surface area contributed by atoms with Crippen LogP contribution >= 0.6 is 15.9 Å². The number of benzene rings is 1. The standard InChI is InChI=1S/C11H13BrN2O4/c1-18-9-4-6(12)2-3-7(9)11(17)14-5-8(15)10(13)16/h2-4,8,15H,5H2,1H3,(H2,13,16)(H,14,17). The third kappa shape index (κ3) is 3.71. The molecule has 6 nitrogen and oxygen atoms in total. The minimum atomic E-state index is -1.41. The monoisotopic (exact) mass is 316 g/mol. The Balaban J connectivity index is 2.75. The molecule has 2 amide bonds. The molecule has 0 aliphatic heterocycles. The molecule has 0 bridgehead atoms. The highest BCUT2D eigenvalue weighted by Gasteiger charge is 2.16. The number of nitrogens with two attached hydrogens (primary N) is 1. The zero-order chi connectivity index (χ0) is 13.7. The SMILES string of the molecule is COc1cc(Br)ccc1C(=O)NCC(O)C(N)=O. The molecule has 0 radical (unpaired) electrons. The minimum Gasteiger partial charge on any atom is -0.496 e. The number of amides is 2. The Bertz CT molecular complexity index is 464. The van der Waals surface area contributed by atoms with E-state index in [-0.39, 0.29) is 6.54 Å². The van der Waals surface area contributed by atoms with Crippen LogP contribution in [-0.2, 0) is 4.79 Å². The fraction of sp³-hybridized carbons (Fsp3) is 0.273. The van der Waals surface area contributed by atoms with E-state index in [1.54, 1.807) is 18.2 Å². The van der Waals surface area contributed by atoms with Crippen molar-refractivity contribution in [2.75, 3.05) is 13.7 Å². The lowest BCUT2D eigenvalue weighted by atomic mass is 10.2. The average molecular weight is 317 g/mol. The predicted molar refractivity (Wildman–Crippen MR) is 68.2 cm³/mol. The van der Waals surface area contributed by atoms with Gasteiger partial charge >= 0.3 is 0 Å². The van der Waals surface area contributed by atoms with Crippen LogP contribution in [-0.4, -0.2) is 36.7 Å². The topological polar surface area (TPSA) is 102 Å². The summed E-state index contributed by atoms with van der Waals surface area (Å²) in [5, 5.41) is 11.6. The van der Waals surface area contributed by atoms with Crippen LogP contribution in [0.1, 0.15) is 10.4 Å². The molecule has 1 rings (SSSR count). The number of halogens is 1. The molecule has 0 aliphatic carbocycles. The Kier molecular flexibility index (Phi) is 5.11. The number of methoxy groups -OCH3 is 1.